The molecule has 0 amide bonds. The van der Waals surface area contributed by atoms with Crippen LogP contribution in [0.5, 0.6) is 0 Å². The predicted molar refractivity (Wildman–Crippen MR) is 92.5 cm³/mol. The summed E-state index contributed by atoms with van der Waals surface area (Å²) in [6.45, 7) is 2.24. The Hall–Kier alpha value is -2.05. The first-order chi connectivity index (χ1) is 11.2. The van der Waals surface area contributed by atoms with E-state index < -0.39 is 0 Å². The van der Waals surface area contributed by atoms with E-state index in [-0.39, 0.29) is 5.56 Å². The summed E-state index contributed by atoms with van der Waals surface area (Å²) in [6.07, 6.45) is 3.95. The zero-order valence-electron chi connectivity index (χ0n) is 12.9. The fraction of sp³-hybridized carbons (Fsp3) is 0.353. The molecule has 2 aromatic rings. The predicted octanol–water partition coefficient (Wildman–Crippen LogP) is 1.19. The average molecular weight is 370 g/mol. The molecule has 3 rings (SSSR count). The number of anilines is 1. The van der Waals surface area contributed by atoms with Gasteiger partial charge in [0.15, 0.2) is 0 Å². The van der Waals surface area contributed by atoms with Crippen molar-refractivity contribution in [2.24, 2.45) is 0 Å². The third-order valence-electron chi connectivity index (χ3n) is 4.12. The quantitative estimate of drug-likeness (QED) is 0.762. The second-order valence-electron chi connectivity index (χ2n) is 5.79. The number of nitrogens with zero attached hydrogens (tertiary/aromatic N) is 4. The minimum atomic E-state index is -0.0773. The first kappa shape index (κ1) is 15.8. The van der Waals surface area contributed by atoms with Crippen LogP contribution in [0.15, 0.2) is 41.3 Å². The summed E-state index contributed by atoms with van der Waals surface area (Å²) in [6, 6.07) is 11.1. The molecule has 0 spiro atoms. The fourth-order valence-electron chi connectivity index (χ4n) is 2.96. The molecule has 1 aromatic heterocycles. The molecule has 1 aliphatic rings. The van der Waals surface area contributed by atoms with Gasteiger partial charge in [-0.3, -0.25) is 0 Å². The van der Waals surface area contributed by atoms with Crippen molar-refractivity contribution in [3.63, 3.8) is 0 Å². The van der Waals surface area contributed by atoms with Gasteiger partial charge >= 0.3 is 144 Å². The molecule has 2 heterocycles. The van der Waals surface area contributed by atoms with E-state index in [2.05, 4.69) is 16.0 Å². The third kappa shape index (κ3) is 3.48. The Morgan fingerprint density at radius 2 is 2.17 bits per heavy atom. The summed E-state index contributed by atoms with van der Waals surface area (Å²) in [5.41, 5.74) is 1.37. The molecular weight excluding hydrogens is 351 g/mol. The van der Waals surface area contributed by atoms with Crippen molar-refractivity contribution in [2.75, 3.05) is 18.0 Å². The molecule has 0 bridgehead atoms. The summed E-state index contributed by atoms with van der Waals surface area (Å²) < 4.78 is 2.34. The van der Waals surface area contributed by atoms with Crippen molar-refractivity contribution in [1.29, 1.82) is 5.26 Å². The molecule has 5 nitrogen and oxygen atoms in total. The van der Waals surface area contributed by atoms with E-state index in [0.29, 0.717) is 22.8 Å². The normalized spacial score (nSPS) is 17.7. The molecule has 1 aromatic carbocycles. The maximum absolute atomic E-state index is 12.4. The van der Waals surface area contributed by atoms with Crippen LogP contribution in [0.25, 0.3) is 0 Å². The van der Waals surface area contributed by atoms with Crippen LogP contribution in [0, 0.1) is 11.3 Å². The van der Waals surface area contributed by atoms with E-state index in [9.17, 15) is 10.1 Å². The maximum atomic E-state index is 12.4. The van der Waals surface area contributed by atoms with Gasteiger partial charge in [-0.25, -0.2) is 0 Å². The Morgan fingerprint density at radius 3 is 2.96 bits per heavy atom. The van der Waals surface area contributed by atoms with Crippen molar-refractivity contribution in [2.45, 2.75) is 24.1 Å². The van der Waals surface area contributed by atoms with Crippen LogP contribution in [0.1, 0.15) is 24.0 Å². The molecule has 1 saturated heterocycles. The number of hydrogen-bond acceptors (Lipinski definition) is 4. The zero-order chi connectivity index (χ0) is 16.2. The first-order valence-corrected chi connectivity index (χ1v) is 9.13. The van der Waals surface area contributed by atoms with Gasteiger partial charge in [0.05, 0.1) is 0 Å². The van der Waals surface area contributed by atoms with Gasteiger partial charge < -0.3 is 0 Å². The van der Waals surface area contributed by atoms with E-state index in [4.69, 9.17) is 0 Å². The van der Waals surface area contributed by atoms with Gasteiger partial charge in [0.25, 0.3) is 0 Å². The molecular formula is C17H19AsN4O. The number of rotatable bonds is 3. The summed E-state index contributed by atoms with van der Waals surface area (Å²) >= 11 is 1.75. The van der Waals surface area contributed by atoms with Crippen LogP contribution in [-0.4, -0.2) is 39.5 Å². The minimum absolute atomic E-state index is 0.0773. The second-order valence-corrected chi connectivity index (χ2v) is 7.76. The van der Waals surface area contributed by atoms with Gasteiger partial charge in [0.1, 0.15) is 0 Å². The van der Waals surface area contributed by atoms with Crippen molar-refractivity contribution in [1.82, 2.24) is 9.55 Å². The van der Waals surface area contributed by atoms with E-state index in [1.54, 1.807) is 33.7 Å². The number of hydrogen-bond donors (Lipinski definition) is 0. The molecule has 0 aliphatic carbocycles. The number of nitriles is 1. The molecule has 0 N–H and O–H groups in total. The summed E-state index contributed by atoms with van der Waals surface area (Å²) in [5, 5.41) is 9.26. The molecule has 23 heavy (non-hydrogen) atoms. The van der Waals surface area contributed by atoms with Crippen LogP contribution >= 0.6 is 0 Å². The molecule has 2 atom stereocenters. The average Bonchev–Trinajstić information content (AvgIpc) is 2.57. The molecule has 0 saturated carbocycles. The third-order valence-corrected chi connectivity index (χ3v) is 5.26. The van der Waals surface area contributed by atoms with Crippen molar-refractivity contribution in [3.05, 3.63) is 58.0 Å². The van der Waals surface area contributed by atoms with Crippen molar-refractivity contribution < 1.29 is 0 Å². The summed E-state index contributed by atoms with van der Waals surface area (Å²) in [7, 11) is 0. The van der Waals surface area contributed by atoms with E-state index in [0.717, 1.165) is 25.1 Å². The molecule has 1 aliphatic heterocycles. The van der Waals surface area contributed by atoms with Crippen LogP contribution in [0.2, 0.25) is 4.71 Å². The van der Waals surface area contributed by atoms with Crippen LogP contribution in [0.4, 0.5) is 5.95 Å². The van der Waals surface area contributed by atoms with Crippen LogP contribution < -0.4 is 10.5 Å². The second kappa shape index (κ2) is 7.02. The molecule has 6 heteroatoms. The number of benzene rings is 1. The molecule has 2 unspecified atom stereocenters. The Labute approximate surface area is 144 Å². The Morgan fingerprint density at radius 1 is 1.35 bits per heavy atom. The van der Waals surface area contributed by atoms with Crippen molar-refractivity contribution >= 4 is 22.8 Å². The summed E-state index contributed by atoms with van der Waals surface area (Å²) in [4.78, 5) is 19.0. The van der Waals surface area contributed by atoms with Gasteiger partial charge in [-0.15, -0.1) is 0 Å². The van der Waals surface area contributed by atoms with Crippen molar-refractivity contribution in [3.8, 4) is 6.07 Å². The monoisotopic (exact) mass is 370 g/mol. The van der Waals surface area contributed by atoms with Gasteiger partial charge in [-0.2, -0.15) is 0 Å². The van der Waals surface area contributed by atoms with E-state index >= 15 is 0 Å². The van der Waals surface area contributed by atoms with E-state index in [1.807, 2.05) is 18.2 Å². The molecule has 1 fully saturated rings. The van der Waals surface area contributed by atoms with Crippen LogP contribution in [-0.2, 0) is 6.54 Å². The fourth-order valence-corrected chi connectivity index (χ4v) is 3.98. The van der Waals surface area contributed by atoms with Gasteiger partial charge in [-0.1, -0.05) is 0 Å². The number of piperidine rings is 1. The standard InChI is InChI=1S/C17H19AsN4O/c18-15-6-3-9-21(12-15)17-20-8-7-16(23)22(17)11-14-5-2-1-4-13(14)10-19/h1-2,4-5,7-8,15H,3,6,9,11-12,18H2. The topological polar surface area (TPSA) is 61.9 Å². The Bertz CT molecular complexity index is 796. The van der Waals surface area contributed by atoms with Gasteiger partial charge in [0.2, 0.25) is 0 Å². The zero-order valence-corrected chi connectivity index (χ0v) is 15.3. The van der Waals surface area contributed by atoms with E-state index in [1.165, 1.54) is 12.5 Å². The first-order valence-electron chi connectivity index (χ1n) is 7.73. The molecule has 0 radical (unpaired) electrons. The van der Waals surface area contributed by atoms with Gasteiger partial charge in [-0.05, 0) is 0 Å². The van der Waals surface area contributed by atoms with Gasteiger partial charge in [0, 0.05) is 0 Å². The SMILES string of the molecule is N#Cc1ccccc1Cn1c(N2CCCC([AsH2])C2)nccc1=O. The van der Waals surface area contributed by atoms with Crippen LogP contribution in [0.3, 0.4) is 0 Å². The Kier molecular flexibility index (Phi) is 4.83. The number of aromatic nitrogens is 2. The summed E-state index contributed by atoms with van der Waals surface area (Å²) in [5.74, 6) is 0.715. The molecule has 118 valence electrons. The Balaban J connectivity index is 1.99.